The third-order valence-corrected chi connectivity index (χ3v) is 5.76. The standard InChI is InChI=1S/C20H15NO4S2/c22-16(13-6-7-17-18(9-13)25-12-24-17)11-27-15-4-1-3-14(10-15)21-20(23)19-5-2-8-26-19/h1-10H,11-12H2,(H,21,23). The van der Waals surface area contributed by atoms with Crippen molar-refractivity contribution in [3.63, 3.8) is 0 Å². The zero-order chi connectivity index (χ0) is 18.6. The highest BCUT2D eigenvalue weighted by molar-refractivity contribution is 8.00. The number of ketones is 1. The van der Waals surface area contributed by atoms with Crippen LogP contribution in [-0.4, -0.2) is 24.2 Å². The van der Waals surface area contributed by atoms with Crippen molar-refractivity contribution in [2.75, 3.05) is 17.9 Å². The maximum absolute atomic E-state index is 12.5. The van der Waals surface area contributed by atoms with E-state index in [0.717, 1.165) is 4.90 Å². The minimum Gasteiger partial charge on any atom is -0.454 e. The number of hydrogen-bond donors (Lipinski definition) is 1. The van der Waals surface area contributed by atoms with E-state index in [1.54, 1.807) is 24.3 Å². The number of anilines is 1. The second-order valence-electron chi connectivity index (χ2n) is 5.74. The topological polar surface area (TPSA) is 64.6 Å². The molecule has 0 spiro atoms. The molecule has 136 valence electrons. The molecule has 0 atom stereocenters. The smallest absolute Gasteiger partial charge is 0.265 e. The highest BCUT2D eigenvalue weighted by Gasteiger charge is 2.16. The van der Waals surface area contributed by atoms with E-state index in [1.807, 2.05) is 35.7 Å². The summed E-state index contributed by atoms with van der Waals surface area (Å²) < 4.78 is 10.6. The lowest BCUT2D eigenvalue weighted by Gasteiger charge is -2.07. The molecule has 0 fully saturated rings. The maximum atomic E-state index is 12.5. The Labute approximate surface area is 164 Å². The summed E-state index contributed by atoms with van der Waals surface area (Å²) in [6.07, 6.45) is 0. The van der Waals surface area contributed by atoms with Crippen molar-refractivity contribution in [2.45, 2.75) is 4.90 Å². The Morgan fingerprint density at radius 2 is 1.93 bits per heavy atom. The van der Waals surface area contributed by atoms with E-state index in [1.165, 1.54) is 23.1 Å². The van der Waals surface area contributed by atoms with E-state index in [4.69, 9.17) is 9.47 Å². The summed E-state index contributed by atoms with van der Waals surface area (Å²) >= 11 is 2.82. The fraction of sp³-hybridized carbons (Fsp3) is 0.100. The molecule has 0 bridgehead atoms. The van der Waals surface area contributed by atoms with Gasteiger partial charge in [-0.3, -0.25) is 9.59 Å². The summed E-state index contributed by atoms with van der Waals surface area (Å²) in [7, 11) is 0. The van der Waals surface area contributed by atoms with Gasteiger partial charge in [-0.05, 0) is 47.8 Å². The molecule has 1 aromatic heterocycles. The van der Waals surface area contributed by atoms with Crippen LogP contribution in [0.25, 0.3) is 0 Å². The van der Waals surface area contributed by atoms with Crippen LogP contribution in [0.3, 0.4) is 0 Å². The largest absolute Gasteiger partial charge is 0.454 e. The highest BCUT2D eigenvalue weighted by Crippen LogP contribution is 2.33. The Bertz CT molecular complexity index is 985. The van der Waals surface area contributed by atoms with E-state index in [0.29, 0.717) is 33.4 Å². The van der Waals surface area contributed by atoms with E-state index in [2.05, 4.69) is 5.32 Å². The van der Waals surface area contributed by atoms with Gasteiger partial charge >= 0.3 is 0 Å². The van der Waals surface area contributed by atoms with Gasteiger partial charge in [0.25, 0.3) is 5.91 Å². The Morgan fingerprint density at radius 1 is 1.04 bits per heavy atom. The predicted molar refractivity (Wildman–Crippen MR) is 106 cm³/mol. The molecule has 7 heteroatoms. The van der Waals surface area contributed by atoms with Gasteiger partial charge in [0.05, 0.1) is 10.6 Å². The van der Waals surface area contributed by atoms with Crippen LogP contribution in [-0.2, 0) is 0 Å². The number of carbonyl (C=O) groups excluding carboxylic acids is 2. The van der Waals surface area contributed by atoms with Crippen LogP contribution < -0.4 is 14.8 Å². The Morgan fingerprint density at radius 3 is 2.78 bits per heavy atom. The van der Waals surface area contributed by atoms with E-state index >= 15 is 0 Å². The average Bonchev–Trinajstić information content (AvgIpc) is 3.37. The first-order chi connectivity index (χ1) is 13.2. The monoisotopic (exact) mass is 397 g/mol. The number of Topliss-reactive ketones (excluding diaryl/α,β-unsaturated/α-hetero) is 1. The Kier molecular flexibility index (Phi) is 5.13. The third-order valence-electron chi connectivity index (χ3n) is 3.90. The van der Waals surface area contributed by atoms with Crippen molar-refractivity contribution in [1.82, 2.24) is 0 Å². The molecule has 4 rings (SSSR count). The lowest BCUT2D eigenvalue weighted by molar-refractivity contribution is 0.101. The minimum atomic E-state index is -0.136. The SMILES string of the molecule is O=C(CSc1cccc(NC(=O)c2cccs2)c1)c1ccc2c(c1)OCO2. The normalized spacial score (nSPS) is 12.0. The number of amides is 1. The fourth-order valence-corrected chi connectivity index (χ4v) is 4.03. The summed E-state index contributed by atoms with van der Waals surface area (Å²) in [4.78, 5) is 26.2. The number of nitrogens with one attached hydrogen (secondary N) is 1. The molecule has 1 aliphatic rings. The van der Waals surface area contributed by atoms with E-state index in [9.17, 15) is 9.59 Å². The number of thioether (sulfide) groups is 1. The first-order valence-corrected chi connectivity index (χ1v) is 10.1. The van der Waals surface area contributed by atoms with Crippen molar-refractivity contribution < 1.29 is 19.1 Å². The number of fused-ring (bicyclic) bond motifs is 1. The molecule has 0 saturated heterocycles. The van der Waals surface area contributed by atoms with Crippen molar-refractivity contribution in [1.29, 1.82) is 0 Å². The second kappa shape index (κ2) is 7.85. The van der Waals surface area contributed by atoms with Gasteiger partial charge in [-0.2, -0.15) is 0 Å². The summed E-state index contributed by atoms with van der Waals surface area (Å²) in [5.74, 6) is 1.43. The summed E-state index contributed by atoms with van der Waals surface area (Å²) in [5, 5.41) is 4.74. The van der Waals surface area contributed by atoms with Crippen LogP contribution in [0.1, 0.15) is 20.0 Å². The van der Waals surface area contributed by atoms with Crippen molar-refractivity contribution >= 4 is 40.5 Å². The molecule has 3 aromatic rings. The van der Waals surface area contributed by atoms with Gasteiger partial charge in [-0.1, -0.05) is 12.1 Å². The number of hydrogen-bond acceptors (Lipinski definition) is 6. The van der Waals surface area contributed by atoms with Crippen LogP contribution in [0.15, 0.2) is 64.9 Å². The molecule has 1 N–H and O–H groups in total. The average molecular weight is 397 g/mol. The van der Waals surface area contributed by atoms with Gasteiger partial charge in [0, 0.05) is 16.1 Å². The number of ether oxygens (including phenoxy) is 2. The molecule has 5 nitrogen and oxygen atoms in total. The molecular formula is C20H15NO4S2. The number of rotatable bonds is 6. The second-order valence-corrected chi connectivity index (χ2v) is 7.74. The molecule has 0 aliphatic carbocycles. The Balaban J connectivity index is 1.38. The van der Waals surface area contributed by atoms with Crippen LogP contribution in [0, 0.1) is 0 Å². The lowest BCUT2D eigenvalue weighted by Crippen LogP contribution is -2.10. The van der Waals surface area contributed by atoms with Crippen LogP contribution in [0.5, 0.6) is 11.5 Å². The van der Waals surface area contributed by atoms with Gasteiger partial charge in [0.15, 0.2) is 17.3 Å². The number of benzene rings is 2. The Hall–Kier alpha value is -2.77. The fourth-order valence-electron chi connectivity index (χ4n) is 2.57. The first kappa shape index (κ1) is 17.6. The van der Waals surface area contributed by atoms with Gasteiger partial charge in [0.1, 0.15) is 0 Å². The zero-order valence-corrected chi connectivity index (χ0v) is 15.8. The molecule has 2 heterocycles. The van der Waals surface area contributed by atoms with Gasteiger partial charge in [0.2, 0.25) is 6.79 Å². The molecule has 2 aromatic carbocycles. The molecular weight excluding hydrogens is 382 g/mol. The van der Waals surface area contributed by atoms with Gasteiger partial charge in [-0.15, -0.1) is 23.1 Å². The van der Waals surface area contributed by atoms with Crippen molar-refractivity contribution in [2.24, 2.45) is 0 Å². The lowest BCUT2D eigenvalue weighted by atomic mass is 10.1. The number of carbonyl (C=O) groups is 2. The molecule has 0 saturated carbocycles. The van der Waals surface area contributed by atoms with Crippen LogP contribution >= 0.6 is 23.1 Å². The zero-order valence-electron chi connectivity index (χ0n) is 14.1. The van der Waals surface area contributed by atoms with E-state index < -0.39 is 0 Å². The molecule has 0 unspecified atom stereocenters. The van der Waals surface area contributed by atoms with Crippen LogP contribution in [0.4, 0.5) is 5.69 Å². The van der Waals surface area contributed by atoms with Crippen molar-refractivity contribution in [3.8, 4) is 11.5 Å². The summed E-state index contributed by atoms with van der Waals surface area (Å²) in [6, 6.07) is 16.3. The molecule has 0 radical (unpaired) electrons. The molecule has 27 heavy (non-hydrogen) atoms. The van der Waals surface area contributed by atoms with Crippen LogP contribution in [0.2, 0.25) is 0 Å². The predicted octanol–water partition coefficient (Wildman–Crippen LogP) is 4.70. The number of thiophene rings is 1. The van der Waals surface area contributed by atoms with Gasteiger partial charge < -0.3 is 14.8 Å². The molecule has 1 amide bonds. The summed E-state index contributed by atoms with van der Waals surface area (Å²) in [6.45, 7) is 0.186. The quantitative estimate of drug-likeness (QED) is 0.482. The van der Waals surface area contributed by atoms with E-state index in [-0.39, 0.29) is 18.5 Å². The molecule has 1 aliphatic heterocycles. The first-order valence-electron chi connectivity index (χ1n) is 8.19. The minimum absolute atomic E-state index is 0.00586. The third kappa shape index (κ3) is 4.15. The van der Waals surface area contributed by atoms with Crippen molar-refractivity contribution in [3.05, 3.63) is 70.4 Å². The van der Waals surface area contributed by atoms with Gasteiger partial charge in [-0.25, -0.2) is 0 Å². The highest BCUT2D eigenvalue weighted by atomic mass is 32.2. The maximum Gasteiger partial charge on any atom is 0.265 e. The summed E-state index contributed by atoms with van der Waals surface area (Å²) in [5.41, 5.74) is 1.29.